The molecule has 37 heavy (non-hydrogen) atoms. The van der Waals surface area contributed by atoms with Gasteiger partial charge in [-0.1, -0.05) is 32.4 Å². The van der Waals surface area contributed by atoms with Crippen molar-refractivity contribution >= 4 is 29.5 Å². The van der Waals surface area contributed by atoms with Gasteiger partial charge < -0.3 is 19.6 Å². The number of carbonyl (C=O) groups is 3. The highest BCUT2D eigenvalue weighted by Gasteiger charge is 2.76. The lowest BCUT2D eigenvalue weighted by Crippen LogP contribution is -2.58. The molecule has 7 nitrogen and oxygen atoms in total. The van der Waals surface area contributed by atoms with Gasteiger partial charge in [-0.05, 0) is 57.8 Å². The molecule has 7 atom stereocenters. The number of hydrogen-bond donors (Lipinski definition) is 1. The molecular formula is C29H46N2O5S. The van der Waals surface area contributed by atoms with Crippen LogP contribution in [0.1, 0.15) is 72.1 Å². The monoisotopic (exact) mass is 534 g/mol. The van der Waals surface area contributed by atoms with Crippen molar-refractivity contribution in [2.75, 3.05) is 26.3 Å². The number of aliphatic hydroxyl groups excluding tert-OH is 1. The van der Waals surface area contributed by atoms with Crippen LogP contribution in [-0.4, -0.2) is 81.1 Å². The molecule has 3 aliphatic heterocycles. The minimum Gasteiger partial charge on any atom is -0.465 e. The van der Waals surface area contributed by atoms with E-state index in [0.29, 0.717) is 32.5 Å². The third-order valence-electron chi connectivity index (χ3n) is 8.45. The van der Waals surface area contributed by atoms with Crippen molar-refractivity contribution in [1.82, 2.24) is 9.80 Å². The number of hydrogen-bond acceptors (Lipinski definition) is 6. The van der Waals surface area contributed by atoms with Gasteiger partial charge in [0, 0.05) is 31.0 Å². The highest BCUT2D eigenvalue weighted by atomic mass is 32.2. The number of rotatable bonds is 16. The maximum atomic E-state index is 14.4. The van der Waals surface area contributed by atoms with Gasteiger partial charge in [-0.25, -0.2) is 0 Å². The predicted molar refractivity (Wildman–Crippen MR) is 148 cm³/mol. The van der Waals surface area contributed by atoms with E-state index < -0.39 is 22.6 Å². The Labute approximate surface area is 227 Å². The van der Waals surface area contributed by atoms with Crippen LogP contribution in [0.25, 0.3) is 0 Å². The van der Waals surface area contributed by atoms with Crippen molar-refractivity contribution in [3.63, 3.8) is 0 Å². The number of amides is 2. The van der Waals surface area contributed by atoms with E-state index in [0.717, 1.165) is 38.5 Å². The van der Waals surface area contributed by atoms with Crippen LogP contribution in [-0.2, 0) is 19.1 Å². The maximum Gasteiger partial charge on any atom is 0.310 e. The summed E-state index contributed by atoms with van der Waals surface area (Å²) in [7, 11) is 0. The zero-order valence-corrected chi connectivity index (χ0v) is 23.7. The lowest BCUT2D eigenvalue weighted by atomic mass is 9.66. The molecule has 0 aliphatic carbocycles. The molecule has 0 aromatic rings. The van der Waals surface area contributed by atoms with Gasteiger partial charge >= 0.3 is 5.97 Å². The van der Waals surface area contributed by atoms with Crippen LogP contribution >= 0.6 is 11.8 Å². The quantitative estimate of drug-likeness (QED) is 0.181. The normalized spacial score (nSPS) is 30.8. The smallest absolute Gasteiger partial charge is 0.310 e. The summed E-state index contributed by atoms with van der Waals surface area (Å²) in [5.74, 6) is -1.40. The number of carbonyl (C=O) groups excluding carboxylic acids is 3. The van der Waals surface area contributed by atoms with E-state index in [-0.39, 0.29) is 41.6 Å². The van der Waals surface area contributed by atoms with Crippen molar-refractivity contribution in [2.24, 2.45) is 17.8 Å². The number of nitrogens with zero attached hydrogens (tertiary/aromatic N) is 2. The second-order valence-corrected chi connectivity index (χ2v) is 12.4. The van der Waals surface area contributed by atoms with E-state index in [9.17, 15) is 19.5 Å². The van der Waals surface area contributed by atoms with Gasteiger partial charge in [-0.2, -0.15) is 0 Å². The summed E-state index contributed by atoms with van der Waals surface area (Å²) in [5.41, 5.74) is 0. The molecule has 3 aliphatic rings. The summed E-state index contributed by atoms with van der Waals surface area (Å²) >= 11 is 1.69. The molecular weight excluding hydrogens is 488 g/mol. The number of fused-ring (bicyclic) bond motifs is 1. The highest BCUT2D eigenvalue weighted by molar-refractivity contribution is 8.02. The van der Waals surface area contributed by atoms with Crippen LogP contribution in [0.3, 0.4) is 0 Å². The lowest BCUT2D eigenvalue weighted by molar-refractivity contribution is -0.154. The average molecular weight is 535 g/mol. The summed E-state index contributed by atoms with van der Waals surface area (Å²) < 4.78 is 5.06. The fourth-order valence-electron chi connectivity index (χ4n) is 6.72. The molecule has 2 bridgehead atoms. The summed E-state index contributed by atoms with van der Waals surface area (Å²) in [6, 6.07) is -0.603. The van der Waals surface area contributed by atoms with Gasteiger partial charge in [0.2, 0.25) is 11.8 Å². The Hall–Kier alpha value is -1.80. The van der Waals surface area contributed by atoms with Gasteiger partial charge in [0.25, 0.3) is 0 Å². The number of esters is 1. The second kappa shape index (κ2) is 13.3. The molecule has 1 N–H and O–H groups in total. The zero-order valence-electron chi connectivity index (χ0n) is 22.9. The van der Waals surface area contributed by atoms with Crippen LogP contribution in [0, 0.1) is 17.8 Å². The first-order chi connectivity index (χ1) is 17.8. The standard InChI is InChI=1S/C29H46N2O5S/c1-6-9-10-13-18-36-28(35)23-22-19-20(4)29(37-22)24(23)26(33)31(16-11-12-17-32)25(29)27(34)30(15-8-3)21(5)14-7-2/h6,8,20-25,32H,1,3,7,9-19H2,2,4-5H3/t20?,21?,22-,23+,24-,25?,29?/m0/s1. The molecule has 8 heteroatoms. The molecule has 4 unspecified atom stereocenters. The van der Waals surface area contributed by atoms with Crippen molar-refractivity contribution in [3.8, 4) is 0 Å². The third kappa shape index (κ3) is 5.65. The van der Waals surface area contributed by atoms with E-state index in [2.05, 4.69) is 33.9 Å². The molecule has 0 saturated carbocycles. The largest absolute Gasteiger partial charge is 0.465 e. The molecule has 1 spiro atoms. The summed E-state index contributed by atoms with van der Waals surface area (Å²) in [6.45, 7) is 15.1. The Balaban J connectivity index is 1.94. The minimum absolute atomic E-state index is 0.0135. The Morgan fingerprint density at radius 2 is 2.03 bits per heavy atom. The van der Waals surface area contributed by atoms with E-state index in [1.807, 2.05) is 11.0 Å². The number of unbranched alkanes of at least 4 members (excludes halogenated alkanes) is 3. The van der Waals surface area contributed by atoms with Gasteiger partial charge in [0.15, 0.2) is 0 Å². The predicted octanol–water partition coefficient (Wildman–Crippen LogP) is 4.20. The van der Waals surface area contributed by atoms with Crippen LogP contribution < -0.4 is 0 Å². The number of thioether (sulfide) groups is 1. The van der Waals surface area contributed by atoms with E-state index >= 15 is 0 Å². The first kappa shape index (κ1) is 29.8. The van der Waals surface area contributed by atoms with Gasteiger partial charge in [-0.3, -0.25) is 14.4 Å². The third-order valence-corrected chi connectivity index (χ3v) is 10.5. The molecule has 0 aromatic heterocycles. The van der Waals surface area contributed by atoms with Crippen molar-refractivity contribution < 1.29 is 24.2 Å². The van der Waals surface area contributed by atoms with Crippen molar-refractivity contribution in [3.05, 3.63) is 25.3 Å². The van der Waals surface area contributed by atoms with Crippen molar-refractivity contribution in [2.45, 2.75) is 94.2 Å². The number of aliphatic hydroxyl groups is 1. The first-order valence-corrected chi connectivity index (χ1v) is 15.0. The minimum atomic E-state index is -0.643. The Kier molecular flexibility index (Phi) is 10.7. The first-order valence-electron chi connectivity index (χ1n) is 14.1. The number of likely N-dealkylation sites (tertiary alicyclic amines) is 1. The van der Waals surface area contributed by atoms with Crippen LogP contribution in [0.15, 0.2) is 25.3 Å². The fourth-order valence-corrected chi connectivity index (χ4v) is 9.12. The molecule has 208 valence electrons. The fraction of sp³-hybridized carbons (Fsp3) is 0.759. The average Bonchev–Trinajstić information content (AvgIpc) is 3.46. The molecule has 3 saturated heterocycles. The van der Waals surface area contributed by atoms with Crippen LogP contribution in [0.5, 0.6) is 0 Å². The molecule has 3 heterocycles. The molecule has 2 amide bonds. The highest BCUT2D eigenvalue weighted by Crippen LogP contribution is 2.68. The Morgan fingerprint density at radius 3 is 2.68 bits per heavy atom. The van der Waals surface area contributed by atoms with E-state index in [4.69, 9.17) is 4.74 Å². The van der Waals surface area contributed by atoms with Gasteiger partial charge in [-0.15, -0.1) is 24.9 Å². The van der Waals surface area contributed by atoms with E-state index in [1.165, 1.54) is 0 Å². The SMILES string of the molecule is C=CCCCCOC(=O)[C@@H]1[C@@H]2CC(C)C3(S2)C(C(=O)N(CC=C)C(C)CCC)N(CCCCO)C(=O)[C@H]13. The summed E-state index contributed by atoms with van der Waals surface area (Å²) in [4.78, 5) is 45.4. The Morgan fingerprint density at radius 1 is 1.27 bits per heavy atom. The molecule has 3 rings (SSSR count). The summed E-state index contributed by atoms with van der Waals surface area (Å²) in [5, 5.41) is 9.36. The second-order valence-electron chi connectivity index (χ2n) is 10.9. The van der Waals surface area contributed by atoms with Crippen LogP contribution in [0.4, 0.5) is 0 Å². The summed E-state index contributed by atoms with van der Waals surface area (Å²) in [6.07, 6.45) is 9.96. The number of ether oxygens (including phenoxy) is 1. The number of allylic oxidation sites excluding steroid dienone is 1. The topological polar surface area (TPSA) is 87.2 Å². The Bertz CT molecular complexity index is 850. The van der Waals surface area contributed by atoms with Crippen LogP contribution in [0.2, 0.25) is 0 Å². The molecule has 0 radical (unpaired) electrons. The van der Waals surface area contributed by atoms with E-state index in [1.54, 1.807) is 22.7 Å². The van der Waals surface area contributed by atoms with Crippen molar-refractivity contribution in [1.29, 1.82) is 0 Å². The maximum absolute atomic E-state index is 14.4. The molecule has 0 aromatic carbocycles. The zero-order chi connectivity index (χ0) is 27.2. The lowest BCUT2D eigenvalue weighted by Gasteiger charge is -2.41. The van der Waals surface area contributed by atoms with Gasteiger partial charge in [0.05, 0.1) is 23.2 Å². The van der Waals surface area contributed by atoms with Gasteiger partial charge in [0.1, 0.15) is 6.04 Å². The molecule has 3 fully saturated rings.